The van der Waals surface area contributed by atoms with Crippen LogP contribution in [0.1, 0.15) is 16.1 Å². The van der Waals surface area contributed by atoms with Crippen LogP contribution in [-0.4, -0.2) is 19.2 Å². The first-order chi connectivity index (χ1) is 13.2. The SMILES string of the molecule is Cc1ccc(S(=O)(=O)c2ccc(C(=O)Nc3ccc([N+](=O)[O-])c(Cl)c3)o2)cc1. The van der Waals surface area contributed by atoms with Gasteiger partial charge in [-0.3, -0.25) is 14.9 Å². The number of halogens is 1. The fourth-order valence-corrected chi connectivity index (χ4v) is 3.77. The lowest BCUT2D eigenvalue weighted by Crippen LogP contribution is -2.11. The van der Waals surface area contributed by atoms with E-state index in [1.165, 1.54) is 36.4 Å². The van der Waals surface area contributed by atoms with Crippen LogP contribution in [0, 0.1) is 17.0 Å². The van der Waals surface area contributed by atoms with Crippen molar-refractivity contribution in [3.8, 4) is 0 Å². The van der Waals surface area contributed by atoms with Gasteiger partial charge < -0.3 is 9.73 Å². The fourth-order valence-electron chi connectivity index (χ4n) is 2.35. The molecular formula is C18H13ClN2O6S. The van der Waals surface area contributed by atoms with E-state index in [-0.39, 0.29) is 32.1 Å². The first-order valence-electron chi connectivity index (χ1n) is 7.85. The highest BCUT2D eigenvalue weighted by Crippen LogP contribution is 2.28. The molecule has 1 amide bonds. The zero-order valence-corrected chi connectivity index (χ0v) is 16.0. The summed E-state index contributed by atoms with van der Waals surface area (Å²) in [6.45, 7) is 1.83. The molecule has 0 saturated heterocycles. The predicted octanol–water partition coefficient (Wildman–Crippen LogP) is 4.23. The lowest BCUT2D eigenvalue weighted by atomic mass is 10.2. The number of rotatable bonds is 5. The van der Waals surface area contributed by atoms with E-state index in [2.05, 4.69) is 5.32 Å². The highest BCUT2D eigenvalue weighted by Gasteiger charge is 2.24. The van der Waals surface area contributed by atoms with Gasteiger partial charge in [-0.15, -0.1) is 0 Å². The van der Waals surface area contributed by atoms with Gasteiger partial charge in [0.05, 0.1) is 9.82 Å². The highest BCUT2D eigenvalue weighted by molar-refractivity contribution is 7.91. The van der Waals surface area contributed by atoms with Gasteiger partial charge in [-0.2, -0.15) is 0 Å². The molecule has 0 aliphatic carbocycles. The van der Waals surface area contributed by atoms with Gasteiger partial charge in [-0.05, 0) is 43.3 Å². The number of carbonyl (C=O) groups is 1. The van der Waals surface area contributed by atoms with E-state index in [1.54, 1.807) is 12.1 Å². The van der Waals surface area contributed by atoms with Gasteiger partial charge in [-0.25, -0.2) is 8.42 Å². The zero-order chi connectivity index (χ0) is 20.5. The molecule has 0 aliphatic heterocycles. The average Bonchev–Trinajstić information content (AvgIpc) is 3.13. The lowest BCUT2D eigenvalue weighted by Gasteiger charge is -2.04. The maximum absolute atomic E-state index is 12.6. The number of aryl methyl sites for hydroxylation is 1. The summed E-state index contributed by atoms with van der Waals surface area (Å²) >= 11 is 5.80. The van der Waals surface area contributed by atoms with Crippen molar-refractivity contribution >= 4 is 38.7 Å². The van der Waals surface area contributed by atoms with Crippen LogP contribution in [0.3, 0.4) is 0 Å². The molecular weight excluding hydrogens is 408 g/mol. The average molecular weight is 421 g/mol. The van der Waals surface area contributed by atoms with Crippen molar-refractivity contribution in [3.05, 3.63) is 81.1 Å². The van der Waals surface area contributed by atoms with E-state index in [1.807, 2.05) is 6.92 Å². The van der Waals surface area contributed by atoms with Crippen LogP contribution in [0.25, 0.3) is 0 Å². The second-order valence-electron chi connectivity index (χ2n) is 5.81. The van der Waals surface area contributed by atoms with Crippen LogP contribution in [0.15, 0.2) is 69.0 Å². The number of nitro benzene ring substituents is 1. The molecule has 8 nitrogen and oxygen atoms in total. The number of sulfone groups is 1. The van der Waals surface area contributed by atoms with Crippen LogP contribution in [-0.2, 0) is 9.84 Å². The van der Waals surface area contributed by atoms with Crippen molar-refractivity contribution in [2.45, 2.75) is 16.9 Å². The van der Waals surface area contributed by atoms with E-state index in [4.69, 9.17) is 16.0 Å². The normalized spacial score (nSPS) is 11.2. The third kappa shape index (κ3) is 3.90. The first-order valence-corrected chi connectivity index (χ1v) is 9.71. The monoisotopic (exact) mass is 420 g/mol. The van der Waals surface area contributed by atoms with E-state index in [9.17, 15) is 23.3 Å². The molecule has 0 radical (unpaired) electrons. The van der Waals surface area contributed by atoms with Crippen LogP contribution in [0.5, 0.6) is 0 Å². The van der Waals surface area contributed by atoms with E-state index in [0.29, 0.717) is 0 Å². The van der Waals surface area contributed by atoms with Crippen molar-refractivity contribution in [1.82, 2.24) is 0 Å². The number of amides is 1. The largest absolute Gasteiger partial charge is 0.439 e. The third-order valence-electron chi connectivity index (χ3n) is 3.80. The Labute approximate surface area is 164 Å². The Morgan fingerprint density at radius 2 is 1.79 bits per heavy atom. The van der Waals surface area contributed by atoms with Crippen LogP contribution < -0.4 is 5.32 Å². The van der Waals surface area contributed by atoms with Crippen molar-refractivity contribution in [2.75, 3.05) is 5.32 Å². The second-order valence-corrected chi connectivity index (χ2v) is 8.10. The maximum Gasteiger partial charge on any atom is 0.291 e. The number of carbonyl (C=O) groups excluding carboxylic acids is 1. The minimum atomic E-state index is -3.91. The molecule has 10 heteroatoms. The summed E-state index contributed by atoms with van der Waals surface area (Å²) in [4.78, 5) is 22.5. The van der Waals surface area contributed by atoms with Crippen molar-refractivity contribution < 1.29 is 22.6 Å². The number of hydrogen-bond donors (Lipinski definition) is 1. The molecule has 2 aromatic carbocycles. The van der Waals surface area contributed by atoms with Gasteiger partial charge in [0.2, 0.25) is 14.9 Å². The molecule has 1 heterocycles. The van der Waals surface area contributed by atoms with Crippen molar-refractivity contribution in [1.29, 1.82) is 0 Å². The molecule has 3 rings (SSSR count). The van der Waals surface area contributed by atoms with Crippen LogP contribution in [0.4, 0.5) is 11.4 Å². The molecule has 144 valence electrons. The van der Waals surface area contributed by atoms with E-state index < -0.39 is 20.7 Å². The van der Waals surface area contributed by atoms with Gasteiger partial charge in [0, 0.05) is 11.8 Å². The molecule has 0 aliphatic rings. The molecule has 1 N–H and O–H groups in total. The number of benzene rings is 2. The van der Waals surface area contributed by atoms with E-state index >= 15 is 0 Å². The smallest absolute Gasteiger partial charge is 0.291 e. The Balaban J connectivity index is 1.82. The lowest BCUT2D eigenvalue weighted by molar-refractivity contribution is -0.384. The van der Waals surface area contributed by atoms with Gasteiger partial charge in [0.25, 0.3) is 11.6 Å². The summed E-state index contributed by atoms with van der Waals surface area (Å²) in [6.07, 6.45) is 0. The minimum absolute atomic E-state index is 0.0431. The van der Waals surface area contributed by atoms with Crippen LogP contribution >= 0.6 is 11.6 Å². The van der Waals surface area contributed by atoms with Gasteiger partial charge in [0.1, 0.15) is 5.02 Å². The van der Waals surface area contributed by atoms with Gasteiger partial charge in [-0.1, -0.05) is 29.3 Å². The summed E-state index contributed by atoms with van der Waals surface area (Å²) in [7, 11) is -3.91. The molecule has 0 bridgehead atoms. The quantitative estimate of drug-likeness (QED) is 0.487. The Morgan fingerprint density at radius 3 is 2.39 bits per heavy atom. The molecule has 3 aromatic rings. The van der Waals surface area contributed by atoms with Crippen molar-refractivity contribution in [3.63, 3.8) is 0 Å². The molecule has 0 fully saturated rings. The summed E-state index contributed by atoms with van der Waals surface area (Å²) in [6, 6.07) is 12.3. The summed E-state index contributed by atoms with van der Waals surface area (Å²) in [5, 5.41) is 12.7. The predicted molar refractivity (Wildman–Crippen MR) is 101 cm³/mol. The number of nitrogens with one attached hydrogen (secondary N) is 1. The molecule has 0 saturated carbocycles. The van der Waals surface area contributed by atoms with Crippen molar-refractivity contribution in [2.24, 2.45) is 0 Å². The summed E-state index contributed by atoms with van der Waals surface area (Å²) in [5.41, 5.74) is 0.796. The molecule has 28 heavy (non-hydrogen) atoms. The number of furan rings is 1. The van der Waals surface area contributed by atoms with Gasteiger partial charge >= 0.3 is 0 Å². The Hall–Kier alpha value is -3.17. The Morgan fingerprint density at radius 1 is 1.11 bits per heavy atom. The number of nitro groups is 1. The molecule has 0 unspecified atom stereocenters. The number of anilines is 1. The Bertz CT molecular complexity index is 1170. The molecule has 0 spiro atoms. The summed E-state index contributed by atoms with van der Waals surface area (Å²) < 4.78 is 30.4. The van der Waals surface area contributed by atoms with E-state index in [0.717, 1.165) is 11.6 Å². The second kappa shape index (κ2) is 7.45. The summed E-state index contributed by atoms with van der Waals surface area (Å²) in [5.74, 6) is -0.963. The van der Waals surface area contributed by atoms with Gasteiger partial charge in [0.15, 0.2) is 5.76 Å². The third-order valence-corrected chi connectivity index (χ3v) is 5.75. The molecule has 1 aromatic heterocycles. The standard InChI is InChI=1S/C18H13ClN2O6S/c1-11-2-5-13(6-3-11)28(25,26)17-9-8-16(27-17)18(22)20-12-4-7-15(21(23)24)14(19)10-12/h2-10H,1H3,(H,20,22). The topological polar surface area (TPSA) is 120 Å². The number of nitrogens with zero attached hydrogens (tertiary/aromatic N) is 1. The number of hydrogen-bond acceptors (Lipinski definition) is 6. The van der Waals surface area contributed by atoms with Crippen LogP contribution in [0.2, 0.25) is 5.02 Å². The highest BCUT2D eigenvalue weighted by atomic mass is 35.5. The molecule has 0 atom stereocenters. The Kier molecular flexibility index (Phi) is 5.21. The fraction of sp³-hybridized carbons (Fsp3) is 0.0556. The zero-order valence-electron chi connectivity index (χ0n) is 14.4. The first kappa shape index (κ1) is 19.6. The minimum Gasteiger partial charge on any atom is -0.439 e. The maximum atomic E-state index is 12.6.